The molecule has 0 heterocycles. The van der Waals surface area contributed by atoms with Gasteiger partial charge >= 0.3 is 0 Å². The van der Waals surface area contributed by atoms with E-state index in [1.165, 1.54) is 6.07 Å². The van der Waals surface area contributed by atoms with Crippen LogP contribution >= 0.6 is 12.4 Å². The quantitative estimate of drug-likeness (QED) is 0.810. The normalized spacial score (nSPS) is 12.4. The van der Waals surface area contributed by atoms with E-state index in [1.807, 2.05) is 0 Å². The fourth-order valence-electron chi connectivity index (χ4n) is 1.67. The third kappa shape index (κ3) is 6.82. The van der Waals surface area contributed by atoms with Gasteiger partial charge in [0.2, 0.25) is 5.91 Å². The van der Waals surface area contributed by atoms with E-state index in [1.54, 1.807) is 25.1 Å². The fraction of sp³-hybridized carbons (Fsp3) is 0.500. The lowest BCUT2D eigenvalue weighted by Gasteiger charge is -2.17. The monoisotopic (exact) mass is 324 g/mol. The zero-order chi connectivity index (χ0) is 15.2. The molecule has 0 aromatic heterocycles. The highest BCUT2D eigenvalue weighted by Crippen LogP contribution is 2.14. The summed E-state index contributed by atoms with van der Waals surface area (Å²) in [5, 5.41) is 2.16. The Morgan fingerprint density at radius 3 is 2.57 bits per heavy atom. The van der Waals surface area contributed by atoms with Crippen LogP contribution in [0.1, 0.15) is 18.9 Å². The van der Waals surface area contributed by atoms with Gasteiger partial charge in [0.1, 0.15) is 5.82 Å². The van der Waals surface area contributed by atoms with Crippen LogP contribution in [0.4, 0.5) is 13.2 Å². The highest BCUT2D eigenvalue weighted by molar-refractivity contribution is 5.85. The first-order valence-corrected chi connectivity index (χ1v) is 6.45. The summed E-state index contributed by atoms with van der Waals surface area (Å²) in [6.45, 7) is 0.0417. The second kappa shape index (κ2) is 8.89. The van der Waals surface area contributed by atoms with E-state index in [4.69, 9.17) is 5.73 Å². The van der Waals surface area contributed by atoms with E-state index < -0.39 is 30.8 Å². The minimum absolute atomic E-state index is 0. The number of hydrogen-bond donors (Lipinski definition) is 2. The largest absolute Gasteiger partial charge is 0.350 e. The number of nitrogens with two attached hydrogens (primary N) is 1. The molecule has 0 saturated carbocycles. The maximum Gasteiger partial charge on any atom is 0.277 e. The summed E-state index contributed by atoms with van der Waals surface area (Å²) in [6.07, 6.45) is 0.773. The average Bonchev–Trinajstić information content (AvgIpc) is 2.43. The Labute approximate surface area is 128 Å². The molecule has 21 heavy (non-hydrogen) atoms. The third-order valence-corrected chi connectivity index (χ3v) is 3.07. The summed E-state index contributed by atoms with van der Waals surface area (Å²) in [5.74, 6) is -4.37. The fourth-order valence-corrected chi connectivity index (χ4v) is 1.67. The molecule has 1 rings (SSSR count). The van der Waals surface area contributed by atoms with Crippen molar-refractivity contribution in [2.75, 3.05) is 13.1 Å². The van der Waals surface area contributed by atoms with Crippen molar-refractivity contribution < 1.29 is 18.0 Å². The molecule has 1 aromatic rings. The molecular weight excluding hydrogens is 305 g/mol. The van der Waals surface area contributed by atoms with Crippen LogP contribution in [0.15, 0.2) is 24.3 Å². The minimum Gasteiger partial charge on any atom is -0.350 e. The lowest BCUT2D eigenvalue weighted by molar-refractivity contribution is -0.126. The number of halogens is 4. The summed E-state index contributed by atoms with van der Waals surface area (Å²) in [7, 11) is 0. The van der Waals surface area contributed by atoms with Gasteiger partial charge in [-0.25, -0.2) is 13.2 Å². The van der Waals surface area contributed by atoms with Crippen molar-refractivity contribution in [3.8, 4) is 0 Å². The van der Waals surface area contributed by atoms with Gasteiger partial charge in [0, 0.05) is 5.92 Å². The highest BCUT2D eigenvalue weighted by atomic mass is 35.5. The number of aryl methyl sites for hydroxylation is 1. The zero-order valence-corrected chi connectivity index (χ0v) is 12.6. The van der Waals surface area contributed by atoms with Crippen LogP contribution in [0.5, 0.6) is 0 Å². The van der Waals surface area contributed by atoms with Crippen molar-refractivity contribution in [2.24, 2.45) is 11.7 Å². The molecule has 0 aliphatic heterocycles. The molecule has 0 bridgehead atoms. The molecule has 7 heteroatoms. The number of carbonyl (C=O) groups is 1. The van der Waals surface area contributed by atoms with Gasteiger partial charge in [-0.1, -0.05) is 25.1 Å². The Bertz CT molecular complexity index is 458. The van der Waals surface area contributed by atoms with Gasteiger partial charge in [0.05, 0.1) is 13.1 Å². The molecule has 0 saturated heterocycles. The molecule has 0 aliphatic carbocycles. The predicted octanol–water partition coefficient (Wildman–Crippen LogP) is 2.53. The summed E-state index contributed by atoms with van der Waals surface area (Å²) in [5.41, 5.74) is 5.39. The Morgan fingerprint density at radius 2 is 2.00 bits per heavy atom. The maximum absolute atomic E-state index is 13.4. The molecule has 1 atom stereocenters. The molecule has 3 N–H and O–H groups in total. The lowest BCUT2D eigenvalue weighted by atomic mass is 10.00. The van der Waals surface area contributed by atoms with Gasteiger partial charge in [-0.05, 0) is 24.5 Å². The van der Waals surface area contributed by atoms with Gasteiger partial charge < -0.3 is 11.1 Å². The van der Waals surface area contributed by atoms with Crippen LogP contribution in [0.2, 0.25) is 0 Å². The Hall–Kier alpha value is -1.27. The first-order valence-electron chi connectivity index (χ1n) is 6.45. The van der Waals surface area contributed by atoms with Crippen LogP contribution in [0, 0.1) is 11.7 Å². The predicted molar refractivity (Wildman–Crippen MR) is 78.1 cm³/mol. The third-order valence-electron chi connectivity index (χ3n) is 3.07. The van der Waals surface area contributed by atoms with E-state index in [-0.39, 0.29) is 18.2 Å². The first-order chi connectivity index (χ1) is 9.35. The minimum atomic E-state index is -3.10. The number of alkyl halides is 2. The standard InChI is InChI=1S/C14H19F3N2O.ClH/c1-10(13(20)19-9-14(16,17)8-18)6-7-11-4-2-3-5-12(11)15;/h2-5,10H,6-9,18H2,1H3,(H,19,20);1H. The Balaban J connectivity index is 0.00000400. The van der Waals surface area contributed by atoms with Crippen molar-refractivity contribution >= 4 is 18.3 Å². The van der Waals surface area contributed by atoms with Gasteiger partial charge in [0.25, 0.3) is 5.92 Å². The SMILES string of the molecule is CC(CCc1ccccc1F)C(=O)NCC(F)(F)CN.Cl. The van der Waals surface area contributed by atoms with Gasteiger partial charge in [0.15, 0.2) is 0 Å². The average molecular weight is 325 g/mol. The summed E-state index contributed by atoms with van der Waals surface area (Å²) < 4.78 is 39.2. The van der Waals surface area contributed by atoms with Crippen LogP contribution < -0.4 is 11.1 Å². The first kappa shape index (κ1) is 19.7. The molecule has 0 spiro atoms. The number of amides is 1. The molecular formula is C14H20ClF3N2O. The van der Waals surface area contributed by atoms with Gasteiger partial charge in [-0.3, -0.25) is 4.79 Å². The molecule has 1 unspecified atom stereocenters. The molecule has 0 fully saturated rings. The zero-order valence-electron chi connectivity index (χ0n) is 11.7. The number of hydrogen-bond acceptors (Lipinski definition) is 2. The van der Waals surface area contributed by atoms with Crippen LogP contribution in [-0.2, 0) is 11.2 Å². The molecule has 0 radical (unpaired) electrons. The maximum atomic E-state index is 13.4. The van der Waals surface area contributed by atoms with Crippen LogP contribution in [0.3, 0.4) is 0 Å². The highest BCUT2D eigenvalue weighted by Gasteiger charge is 2.28. The smallest absolute Gasteiger partial charge is 0.277 e. The van der Waals surface area contributed by atoms with Crippen molar-refractivity contribution in [3.63, 3.8) is 0 Å². The molecule has 0 aliphatic rings. The van der Waals surface area contributed by atoms with Crippen molar-refractivity contribution in [1.29, 1.82) is 0 Å². The Morgan fingerprint density at radius 1 is 1.38 bits per heavy atom. The van der Waals surface area contributed by atoms with Crippen molar-refractivity contribution in [1.82, 2.24) is 5.32 Å². The number of nitrogens with one attached hydrogen (secondary N) is 1. The van der Waals surface area contributed by atoms with E-state index >= 15 is 0 Å². The second-order valence-corrected chi connectivity index (χ2v) is 4.81. The van der Waals surface area contributed by atoms with Crippen molar-refractivity contribution in [3.05, 3.63) is 35.6 Å². The van der Waals surface area contributed by atoms with E-state index in [0.717, 1.165) is 0 Å². The van der Waals surface area contributed by atoms with E-state index in [2.05, 4.69) is 5.32 Å². The van der Waals surface area contributed by atoms with Gasteiger partial charge in [-0.2, -0.15) is 0 Å². The summed E-state index contributed by atoms with van der Waals surface area (Å²) in [4.78, 5) is 11.6. The Kier molecular flexibility index (Phi) is 8.36. The topological polar surface area (TPSA) is 55.1 Å². The number of benzene rings is 1. The lowest BCUT2D eigenvalue weighted by Crippen LogP contribution is -2.43. The second-order valence-electron chi connectivity index (χ2n) is 4.81. The van der Waals surface area contributed by atoms with Crippen LogP contribution in [-0.4, -0.2) is 24.9 Å². The molecule has 1 amide bonds. The number of carbonyl (C=O) groups excluding carboxylic acids is 1. The molecule has 3 nitrogen and oxygen atoms in total. The summed E-state index contributed by atoms with van der Waals surface area (Å²) >= 11 is 0. The van der Waals surface area contributed by atoms with Gasteiger partial charge in [-0.15, -0.1) is 12.4 Å². The van der Waals surface area contributed by atoms with Crippen molar-refractivity contribution in [2.45, 2.75) is 25.7 Å². The van der Waals surface area contributed by atoms with Crippen LogP contribution in [0.25, 0.3) is 0 Å². The van der Waals surface area contributed by atoms with E-state index in [9.17, 15) is 18.0 Å². The summed E-state index contributed by atoms with van der Waals surface area (Å²) in [6, 6.07) is 6.29. The molecule has 120 valence electrons. The number of rotatable bonds is 7. The van der Waals surface area contributed by atoms with E-state index in [0.29, 0.717) is 18.4 Å². The molecule has 1 aromatic carbocycles.